The Bertz CT molecular complexity index is 902. The van der Waals surface area contributed by atoms with Crippen molar-refractivity contribution >= 4 is 17.6 Å². The maximum absolute atomic E-state index is 12.2. The lowest BCUT2D eigenvalue weighted by molar-refractivity contribution is -0.119. The van der Waals surface area contributed by atoms with E-state index in [4.69, 9.17) is 4.74 Å². The van der Waals surface area contributed by atoms with E-state index in [1.807, 2.05) is 73.7 Å². The highest BCUT2D eigenvalue weighted by molar-refractivity contribution is 5.98. The van der Waals surface area contributed by atoms with E-state index in [1.54, 1.807) is 12.1 Å². The van der Waals surface area contributed by atoms with Crippen LogP contribution in [0.4, 0.5) is 5.69 Å². The highest BCUT2D eigenvalue weighted by Gasteiger charge is 2.12. The first-order valence-electron chi connectivity index (χ1n) is 8.31. The van der Waals surface area contributed by atoms with Gasteiger partial charge in [0.2, 0.25) is 0 Å². The van der Waals surface area contributed by atoms with Crippen LogP contribution in [-0.2, 0) is 9.53 Å². The van der Waals surface area contributed by atoms with Gasteiger partial charge in [0.05, 0.1) is 5.56 Å². The molecule has 0 atom stereocenters. The van der Waals surface area contributed by atoms with Gasteiger partial charge < -0.3 is 10.1 Å². The summed E-state index contributed by atoms with van der Waals surface area (Å²) in [6.07, 6.45) is 0. The molecule has 130 valence electrons. The molecule has 4 nitrogen and oxygen atoms in total. The number of benzene rings is 3. The Hall–Kier alpha value is -3.40. The van der Waals surface area contributed by atoms with Crippen molar-refractivity contribution in [1.82, 2.24) is 0 Å². The Morgan fingerprint density at radius 3 is 2.23 bits per heavy atom. The standard InChI is InChI=1S/C22H19NO3/c1-16-11-13-18(14-12-16)22(25)26-15-21(24)23-20-10-6-5-9-19(20)17-7-3-2-4-8-17/h2-14H,15H2,1H3,(H,23,24). The first-order chi connectivity index (χ1) is 12.6. The third-order valence-corrected chi connectivity index (χ3v) is 3.91. The summed E-state index contributed by atoms with van der Waals surface area (Å²) >= 11 is 0. The zero-order valence-corrected chi connectivity index (χ0v) is 14.4. The normalized spacial score (nSPS) is 10.2. The van der Waals surface area contributed by atoms with Crippen LogP contribution in [0.3, 0.4) is 0 Å². The van der Waals surface area contributed by atoms with Crippen molar-refractivity contribution in [1.29, 1.82) is 0 Å². The van der Waals surface area contributed by atoms with E-state index in [2.05, 4.69) is 5.32 Å². The first-order valence-corrected chi connectivity index (χ1v) is 8.31. The number of carbonyl (C=O) groups is 2. The fraction of sp³-hybridized carbons (Fsp3) is 0.0909. The van der Waals surface area contributed by atoms with E-state index in [0.717, 1.165) is 16.7 Å². The quantitative estimate of drug-likeness (QED) is 0.695. The van der Waals surface area contributed by atoms with Crippen molar-refractivity contribution in [2.45, 2.75) is 6.92 Å². The van der Waals surface area contributed by atoms with Crippen LogP contribution < -0.4 is 5.32 Å². The van der Waals surface area contributed by atoms with Gasteiger partial charge in [-0.05, 0) is 30.7 Å². The van der Waals surface area contributed by atoms with Crippen LogP contribution in [0.2, 0.25) is 0 Å². The molecule has 0 unspecified atom stereocenters. The fourth-order valence-electron chi connectivity index (χ4n) is 2.55. The van der Waals surface area contributed by atoms with Gasteiger partial charge in [-0.2, -0.15) is 0 Å². The summed E-state index contributed by atoms with van der Waals surface area (Å²) in [5.74, 6) is -0.898. The predicted octanol–water partition coefficient (Wildman–Crippen LogP) is 4.46. The number of amides is 1. The Balaban J connectivity index is 1.64. The molecule has 1 amide bonds. The predicted molar refractivity (Wildman–Crippen MR) is 102 cm³/mol. The number of rotatable bonds is 5. The average molecular weight is 345 g/mol. The summed E-state index contributed by atoms with van der Waals surface area (Å²) in [7, 11) is 0. The van der Waals surface area contributed by atoms with Crippen molar-refractivity contribution in [3.05, 3.63) is 90.0 Å². The fourth-order valence-corrected chi connectivity index (χ4v) is 2.55. The SMILES string of the molecule is Cc1ccc(C(=O)OCC(=O)Nc2ccccc2-c2ccccc2)cc1. The Labute approximate surface area is 152 Å². The van der Waals surface area contributed by atoms with Crippen LogP contribution in [0.1, 0.15) is 15.9 Å². The lowest BCUT2D eigenvalue weighted by atomic mass is 10.0. The molecule has 0 aliphatic rings. The number of hydrogen-bond donors (Lipinski definition) is 1. The van der Waals surface area contributed by atoms with E-state index in [9.17, 15) is 9.59 Å². The summed E-state index contributed by atoms with van der Waals surface area (Å²) in [6, 6.07) is 24.3. The number of ether oxygens (including phenoxy) is 1. The molecule has 0 saturated carbocycles. The molecule has 1 N–H and O–H groups in total. The molecule has 26 heavy (non-hydrogen) atoms. The molecule has 0 aliphatic heterocycles. The molecule has 0 bridgehead atoms. The van der Waals surface area contributed by atoms with E-state index < -0.39 is 5.97 Å². The molecule has 4 heteroatoms. The van der Waals surface area contributed by atoms with Crippen LogP contribution >= 0.6 is 0 Å². The molecule has 0 aliphatic carbocycles. The number of carbonyl (C=O) groups excluding carboxylic acids is 2. The van der Waals surface area contributed by atoms with Gasteiger partial charge in [-0.25, -0.2) is 4.79 Å². The number of aryl methyl sites for hydroxylation is 1. The minimum Gasteiger partial charge on any atom is -0.452 e. The van der Waals surface area contributed by atoms with Crippen LogP contribution in [0.25, 0.3) is 11.1 Å². The van der Waals surface area contributed by atoms with Crippen molar-refractivity contribution in [3.8, 4) is 11.1 Å². The van der Waals surface area contributed by atoms with Gasteiger partial charge in [0, 0.05) is 11.3 Å². The van der Waals surface area contributed by atoms with Gasteiger partial charge in [-0.1, -0.05) is 66.2 Å². The van der Waals surface area contributed by atoms with Gasteiger partial charge in [0.25, 0.3) is 5.91 Å². The number of esters is 1. The van der Waals surface area contributed by atoms with E-state index in [1.165, 1.54) is 0 Å². The highest BCUT2D eigenvalue weighted by Crippen LogP contribution is 2.27. The molecule has 3 rings (SSSR count). The van der Waals surface area contributed by atoms with Crippen LogP contribution in [-0.4, -0.2) is 18.5 Å². The number of hydrogen-bond acceptors (Lipinski definition) is 3. The Kier molecular flexibility index (Phi) is 5.44. The topological polar surface area (TPSA) is 55.4 Å². The second-order valence-electron chi connectivity index (χ2n) is 5.90. The molecule has 0 radical (unpaired) electrons. The zero-order valence-electron chi connectivity index (χ0n) is 14.4. The van der Waals surface area contributed by atoms with Gasteiger partial charge in [-0.3, -0.25) is 4.79 Å². The summed E-state index contributed by atoms with van der Waals surface area (Å²) in [5, 5.41) is 2.81. The minimum atomic E-state index is -0.517. The monoisotopic (exact) mass is 345 g/mol. The number of nitrogens with one attached hydrogen (secondary N) is 1. The van der Waals surface area contributed by atoms with Gasteiger partial charge in [0.1, 0.15) is 0 Å². The molecule has 3 aromatic carbocycles. The summed E-state index contributed by atoms with van der Waals surface area (Å²) in [6.45, 7) is 1.60. The third kappa shape index (κ3) is 4.36. The number of para-hydroxylation sites is 1. The van der Waals surface area contributed by atoms with Crippen molar-refractivity contribution in [2.75, 3.05) is 11.9 Å². The smallest absolute Gasteiger partial charge is 0.338 e. The molecule has 0 heterocycles. The third-order valence-electron chi connectivity index (χ3n) is 3.91. The summed E-state index contributed by atoms with van der Waals surface area (Å²) in [4.78, 5) is 24.2. The molecule has 0 spiro atoms. The molecular formula is C22H19NO3. The van der Waals surface area contributed by atoms with Crippen LogP contribution in [0, 0.1) is 6.92 Å². The minimum absolute atomic E-state index is 0.337. The zero-order chi connectivity index (χ0) is 18.4. The second kappa shape index (κ2) is 8.12. The highest BCUT2D eigenvalue weighted by atomic mass is 16.5. The number of anilines is 1. The molecule has 0 aromatic heterocycles. The van der Waals surface area contributed by atoms with E-state index in [0.29, 0.717) is 11.3 Å². The van der Waals surface area contributed by atoms with E-state index >= 15 is 0 Å². The van der Waals surface area contributed by atoms with Crippen molar-refractivity contribution in [3.63, 3.8) is 0 Å². The molecule has 3 aromatic rings. The maximum atomic E-state index is 12.2. The largest absolute Gasteiger partial charge is 0.452 e. The van der Waals surface area contributed by atoms with Gasteiger partial charge >= 0.3 is 5.97 Å². The Morgan fingerprint density at radius 1 is 0.846 bits per heavy atom. The van der Waals surface area contributed by atoms with Crippen LogP contribution in [0.15, 0.2) is 78.9 Å². The molecular weight excluding hydrogens is 326 g/mol. The summed E-state index contributed by atoms with van der Waals surface area (Å²) < 4.78 is 5.10. The van der Waals surface area contributed by atoms with Crippen LogP contribution in [0.5, 0.6) is 0 Å². The lowest BCUT2D eigenvalue weighted by Gasteiger charge is -2.11. The molecule has 0 saturated heterocycles. The average Bonchev–Trinajstić information content (AvgIpc) is 2.68. The second-order valence-corrected chi connectivity index (χ2v) is 5.90. The van der Waals surface area contributed by atoms with Gasteiger partial charge in [0.15, 0.2) is 6.61 Å². The maximum Gasteiger partial charge on any atom is 0.338 e. The Morgan fingerprint density at radius 2 is 1.50 bits per heavy atom. The van der Waals surface area contributed by atoms with Gasteiger partial charge in [-0.15, -0.1) is 0 Å². The van der Waals surface area contributed by atoms with E-state index in [-0.39, 0.29) is 12.5 Å². The summed E-state index contributed by atoms with van der Waals surface area (Å²) in [5.41, 5.74) is 4.06. The first kappa shape index (κ1) is 17.4. The van der Waals surface area contributed by atoms with Crippen molar-refractivity contribution in [2.24, 2.45) is 0 Å². The van der Waals surface area contributed by atoms with Crippen molar-refractivity contribution < 1.29 is 14.3 Å². The molecule has 0 fully saturated rings. The lowest BCUT2D eigenvalue weighted by Crippen LogP contribution is -2.21.